The molecular formula is C21H28N2O2. The quantitative estimate of drug-likeness (QED) is 0.765. The number of unbranched alkanes of at least 4 members (excludes halogenated alkanes) is 2. The van der Waals surface area contributed by atoms with Crippen molar-refractivity contribution in [3.05, 3.63) is 23.3 Å². The second kappa shape index (κ2) is 6.88. The van der Waals surface area contributed by atoms with Gasteiger partial charge in [0.05, 0.1) is 6.07 Å². The summed E-state index contributed by atoms with van der Waals surface area (Å²) in [5.74, 6) is 1.85. The number of nitrogens with zero attached hydrogens (tertiary/aromatic N) is 2. The first-order valence-corrected chi connectivity index (χ1v) is 9.78. The average Bonchev–Trinajstić information content (AvgIpc) is 3.11. The molecule has 1 atom stereocenters. The number of hydrogen-bond donors (Lipinski definition) is 0. The van der Waals surface area contributed by atoms with Crippen molar-refractivity contribution in [2.75, 3.05) is 26.3 Å². The maximum Gasteiger partial charge on any atom is 0.161 e. The molecule has 0 N–H and O–H groups in total. The van der Waals surface area contributed by atoms with Gasteiger partial charge in [-0.3, -0.25) is 4.90 Å². The zero-order valence-corrected chi connectivity index (χ0v) is 15.2. The van der Waals surface area contributed by atoms with Crippen molar-refractivity contribution in [3.63, 3.8) is 0 Å². The lowest BCUT2D eigenvalue weighted by Crippen LogP contribution is -2.46. The molecule has 2 aliphatic heterocycles. The van der Waals surface area contributed by atoms with Crippen molar-refractivity contribution < 1.29 is 9.47 Å². The molecule has 1 spiro atoms. The van der Waals surface area contributed by atoms with Crippen LogP contribution in [0, 0.1) is 11.3 Å². The summed E-state index contributed by atoms with van der Waals surface area (Å²) in [5, 5.41) is 8.78. The van der Waals surface area contributed by atoms with Gasteiger partial charge < -0.3 is 9.47 Å². The molecule has 2 heterocycles. The van der Waals surface area contributed by atoms with Gasteiger partial charge in [0.25, 0.3) is 0 Å². The number of rotatable bonds is 4. The third-order valence-electron chi connectivity index (χ3n) is 6.33. The Hall–Kier alpha value is -1.73. The van der Waals surface area contributed by atoms with Crippen LogP contribution in [0.3, 0.4) is 0 Å². The molecule has 4 rings (SSSR count). The Morgan fingerprint density at radius 2 is 1.88 bits per heavy atom. The number of benzene rings is 1. The van der Waals surface area contributed by atoms with Gasteiger partial charge in [-0.05, 0) is 62.4 Å². The van der Waals surface area contributed by atoms with Crippen molar-refractivity contribution in [2.45, 2.75) is 63.3 Å². The van der Waals surface area contributed by atoms with Crippen LogP contribution in [0.25, 0.3) is 0 Å². The molecule has 0 amide bonds. The van der Waals surface area contributed by atoms with E-state index in [1.54, 1.807) is 0 Å². The minimum atomic E-state index is 0.285. The molecule has 0 unspecified atom stereocenters. The van der Waals surface area contributed by atoms with Gasteiger partial charge in [0, 0.05) is 24.4 Å². The first-order chi connectivity index (χ1) is 12.2. The Balaban J connectivity index is 1.66. The van der Waals surface area contributed by atoms with Crippen LogP contribution in [-0.4, -0.2) is 31.2 Å². The molecule has 4 nitrogen and oxygen atoms in total. The number of ether oxygens (including phenoxy) is 2. The Morgan fingerprint density at radius 3 is 2.60 bits per heavy atom. The fourth-order valence-corrected chi connectivity index (χ4v) is 4.99. The number of hydrogen-bond acceptors (Lipinski definition) is 4. The van der Waals surface area contributed by atoms with Gasteiger partial charge in [-0.15, -0.1) is 0 Å². The topological polar surface area (TPSA) is 45.5 Å². The molecule has 0 bridgehead atoms. The molecule has 1 fully saturated rings. The SMILES string of the molecule is C[C@@H]1c2cc3c(cc2C2(CCCC2)CN1CCCCC#N)OCCO3. The Kier molecular flexibility index (Phi) is 4.60. The van der Waals surface area contributed by atoms with E-state index >= 15 is 0 Å². The molecule has 134 valence electrons. The highest BCUT2D eigenvalue weighted by molar-refractivity contribution is 5.53. The summed E-state index contributed by atoms with van der Waals surface area (Å²) in [5.41, 5.74) is 3.22. The van der Waals surface area contributed by atoms with E-state index in [-0.39, 0.29) is 5.41 Å². The van der Waals surface area contributed by atoms with E-state index in [0.717, 1.165) is 37.4 Å². The summed E-state index contributed by atoms with van der Waals surface area (Å²) < 4.78 is 11.7. The zero-order chi connectivity index (χ0) is 17.3. The fourth-order valence-electron chi connectivity index (χ4n) is 4.99. The number of nitriles is 1. The summed E-state index contributed by atoms with van der Waals surface area (Å²) in [6.45, 7) is 5.84. The molecule has 3 aliphatic rings. The predicted octanol–water partition coefficient (Wildman–Crippen LogP) is 4.34. The summed E-state index contributed by atoms with van der Waals surface area (Å²) in [7, 11) is 0. The van der Waals surface area contributed by atoms with Gasteiger partial charge in [-0.25, -0.2) is 0 Å². The van der Waals surface area contributed by atoms with Crippen LogP contribution in [0.2, 0.25) is 0 Å². The molecule has 1 saturated carbocycles. The molecule has 1 aliphatic carbocycles. The third-order valence-corrected chi connectivity index (χ3v) is 6.33. The van der Waals surface area contributed by atoms with Gasteiger partial charge in [-0.1, -0.05) is 12.8 Å². The highest BCUT2D eigenvalue weighted by atomic mass is 16.6. The zero-order valence-electron chi connectivity index (χ0n) is 15.2. The molecular weight excluding hydrogens is 312 g/mol. The maximum atomic E-state index is 8.78. The van der Waals surface area contributed by atoms with Crippen molar-refractivity contribution in [1.82, 2.24) is 4.90 Å². The second-order valence-electron chi connectivity index (χ2n) is 7.83. The maximum absolute atomic E-state index is 8.78. The van der Waals surface area contributed by atoms with Crippen LogP contribution in [-0.2, 0) is 5.41 Å². The summed E-state index contributed by atoms with van der Waals surface area (Å²) in [4.78, 5) is 2.64. The van der Waals surface area contributed by atoms with Crippen LogP contribution in [0.4, 0.5) is 0 Å². The van der Waals surface area contributed by atoms with Crippen LogP contribution < -0.4 is 9.47 Å². The van der Waals surface area contributed by atoms with Crippen molar-refractivity contribution in [3.8, 4) is 17.6 Å². The lowest BCUT2D eigenvalue weighted by molar-refractivity contribution is 0.130. The standard InChI is InChI=1S/C21H28N2O2/c1-16-17-13-19-20(25-12-11-24-19)14-18(17)21(7-3-4-8-21)15-23(16)10-6-2-5-9-22/h13-14,16H,2-8,10-12,15H2,1H3/t16-/m1/s1. The van der Waals surface area contributed by atoms with Crippen LogP contribution >= 0.6 is 0 Å². The van der Waals surface area contributed by atoms with Gasteiger partial charge in [0.1, 0.15) is 13.2 Å². The summed E-state index contributed by atoms with van der Waals surface area (Å²) in [6, 6.07) is 7.20. The van der Waals surface area contributed by atoms with E-state index in [1.165, 1.54) is 36.8 Å². The van der Waals surface area contributed by atoms with Crippen molar-refractivity contribution in [2.24, 2.45) is 0 Å². The summed E-state index contributed by atoms with van der Waals surface area (Å²) >= 11 is 0. The van der Waals surface area contributed by atoms with E-state index in [2.05, 4.69) is 30.0 Å². The Bertz CT molecular complexity index is 673. The monoisotopic (exact) mass is 340 g/mol. The van der Waals surface area contributed by atoms with E-state index in [1.807, 2.05) is 0 Å². The highest BCUT2D eigenvalue weighted by Crippen LogP contribution is 2.51. The van der Waals surface area contributed by atoms with E-state index < -0.39 is 0 Å². The van der Waals surface area contributed by atoms with Gasteiger partial charge >= 0.3 is 0 Å². The third kappa shape index (κ3) is 3.00. The number of fused-ring (bicyclic) bond motifs is 3. The first kappa shape index (κ1) is 16.7. The molecule has 4 heteroatoms. The predicted molar refractivity (Wildman–Crippen MR) is 97.0 cm³/mol. The summed E-state index contributed by atoms with van der Waals surface area (Å²) in [6.07, 6.45) is 7.98. The Labute approximate surface area is 150 Å². The molecule has 1 aromatic rings. The molecule has 0 radical (unpaired) electrons. The normalized spacial score (nSPS) is 24.1. The first-order valence-electron chi connectivity index (χ1n) is 9.78. The van der Waals surface area contributed by atoms with Crippen LogP contribution in [0.5, 0.6) is 11.5 Å². The van der Waals surface area contributed by atoms with Gasteiger partial charge in [0.2, 0.25) is 0 Å². The van der Waals surface area contributed by atoms with Gasteiger partial charge in [-0.2, -0.15) is 5.26 Å². The van der Waals surface area contributed by atoms with E-state index in [9.17, 15) is 0 Å². The van der Waals surface area contributed by atoms with Crippen LogP contribution in [0.1, 0.15) is 69.0 Å². The van der Waals surface area contributed by atoms with Crippen molar-refractivity contribution in [1.29, 1.82) is 5.26 Å². The lowest BCUT2D eigenvalue weighted by atomic mass is 9.71. The Morgan fingerprint density at radius 1 is 1.16 bits per heavy atom. The van der Waals surface area contributed by atoms with Crippen LogP contribution in [0.15, 0.2) is 12.1 Å². The second-order valence-corrected chi connectivity index (χ2v) is 7.83. The smallest absolute Gasteiger partial charge is 0.161 e. The highest BCUT2D eigenvalue weighted by Gasteiger charge is 2.44. The average molecular weight is 340 g/mol. The molecule has 0 saturated heterocycles. The van der Waals surface area contributed by atoms with Gasteiger partial charge in [0.15, 0.2) is 11.5 Å². The minimum Gasteiger partial charge on any atom is -0.486 e. The van der Waals surface area contributed by atoms with Crippen molar-refractivity contribution >= 4 is 0 Å². The molecule has 25 heavy (non-hydrogen) atoms. The van der Waals surface area contributed by atoms with E-state index in [0.29, 0.717) is 25.7 Å². The largest absolute Gasteiger partial charge is 0.486 e. The van der Waals surface area contributed by atoms with E-state index in [4.69, 9.17) is 14.7 Å². The fraction of sp³-hybridized carbons (Fsp3) is 0.667. The minimum absolute atomic E-state index is 0.285. The molecule has 0 aromatic heterocycles. The molecule has 1 aromatic carbocycles. The lowest BCUT2D eigenvalue weighted by Gasteiger charge is -2.46.